The molecule has 0 fully saturated rings. The molecule has 0 saturated carbocycles. The molecular formula is C20H21O3P. The molecule has 0 heterocycles. The largest absolute Gasteiger partial charge is 0.426 e. The molecule has 0 bridgehead atoms. The van der Waals surface area contributed by atoms with E-state index in [9.17, 15) is 4.57 Å². The van der Waals surface area contributed by atoms with E-state index in [1.54, 1.807) is 6.07 Å². The van der Waals surface area contributed by atoms with Crippen LogP contribution in [0.5, 0.6) is 5.75 Å². The first kappa shape index (κ1) is 16.8. The maximum Gasteiger partial charge on any atom is 0.365 e. The fourth-order valence-electron chi connectivity index (χ4n) is 2.89. The summed E-state index contributed by atoms with van der Waals surface area (Å²) in [6.07, 6.45) is 2.64. The lowest BCUT2D eigenvalue weighted by Crippen LogP contribution is -1.87. The van der Waals surface area contributed by atoms with E-state index in [1.807, 2.05) is 24.3 Å². The van der Waals surface area contributed by atoms with Crippen molar-refractivity contribution in [2.75, 3.05) is 0 Å². The molecule has 4 rings (SSSR count). The summed E-state index contributed by atoms with van der Waals surface area (Å²) in [7, 11) is -3.00. The van der Waals surface area contributed by atoms with Crippen molar-refractivity contribution in [3.05, 3.63) is 54.6 Å². The van der Waals surface area contributed by atoms with Crippen molar-refractivity contribution in [3.8, 4) is 5.75 Å². The van der Waals surface area contributed by atoms with E-state index in [-0.39, 0.29) is 0 Å². The van der Waals surface area contributed by atoms with Crippen LogP contribution in [0, 0.1) is 0 Å². The summed E-state index contributed by atoms with van der Waals surface area (Å²) in [5.41, 5.74) is 0. The molecule has 0 spiro atoms. The number of unbranched alkanes of at least 4 members (excludes halogenated alkanes) is 1. The number of rotatable bonds is 3. The summed E-state index contributed by atoms with van der Waals surface area (Å²) in [4.78, 5) is 9.03. The summed E-state index contributed by atoms with van der Waals surface area (Å²) in [5, 5.41) is 6.56. The molecule has 0 saturated heterocycles. The van der Waals surface area contributed by atoms with E-state index in [0.717, 1.165) is 26.9 Å². The highest BCUT2D eigenvalue weighted by atomic mass is 31.1. The normalized spacial score (nSPS) is 12.3. The zero-order chi connectivity index (χ0) is 17.1. The molecule has 1 atom stereocenters. The van der Waals surface area contributed by atoms with Gasteiger partial charge in [-0.1, -0.05) is 69.2 Å². The minimum absolute atomic E-state index is 0.460. The summed E-state index contributed by atoms with van der Waals surface area (Å²) in [5.74, 6) is 0.460. The van der Waals surface area contributed by atoms with Crippen LogP contribution < -0.4 is 4.52 Å². The molecule has 0 amide bonds. The molecule has 4 aromatic carbocycles. The lowest BCUT2D eigenvalue weighted by molar-refractivity contribution is 0.412. The second-order valence-corrected chi connectivity index (χ2v) is 6.52. The van der Waals surface area contributed by atoms with Crippen molar-refractivity contribution in [2.45, 2.75) is 26.7 Å². The van der Waals surface area contributed by atoms with E-state index in [0.29, 0.717) is 5.75 Å². The number of benzene rings is 4. The smallest absolute Gasteiger partial charge is 0.365 e. The Labute approximate surface area is 142 Å². The van der Waals surface area contributed by atoms with Crippen LogP contribution in [-0.2, 0) is 4.57 Å². The number of hydrogen-bond donors (Lipinski definition) is 1. The first-order chi connectivity index (χ1) is 11.7. The second-order valence-electron chi connectivity index (χ2n) is 5.79. The van der Waals surface area contributed by atoms with Crippen molar-refractivity contribution in [2.24, 2.45) is 0 Å². The highest BCUT2D eigenvalue weighted by Gasteiger charge is 2.11. The van der Waals surface area contributed by atoms with Crippen LogP contribution >= 0.6 is 8.25 Å². The molecule has 24 heavy (non-hydrogen) atoms. The average molecular weight is 340 g/mol. The first-order valence-electron chi connectivity index (χ1n) is 8.23. The van der Waals surface area contributed by atoms with Crippen molar-refractivity contribution in [3.63, 3.8) is 0 Å². The lowest BCUT2D eigenvalue weighted by Gasteiger charge is -2.13. The van der Waals surface area contributed by atoms with Gasteiger partial charge in [-0.15, -0.1) is 0 Å². The molecule has 4 aromatic rings. The van der Waals surface area contributed by atoms with Crippen LogP contribution in [0.3, 0.4) is 0 Å². The predicted molar refractivity (Wildman–Crippen MR) is 103 cm³/mol. The van der Waals surface area contributed by atoms with Gasteiger partial charge in [-0.3, -0.25) is 0 Å². The third kappa shape index (κ3) is 3.10. The minimum atomic E-state index is -3.00. The van der Waals surface area contributed by atoms with Crippen molar-refractivity contribution in [1.29, 1.82) is 0 Å². The molecule has 0 radical (unpaired) electrons. The second kappa shape index (κ2) is 7.21. The molecule has 4 heteroatoms. The quantitative estimate of drug-likeness (QED) is 0.359. The van der Waals surface area contributed by atoms with Gasteiger partial charge in [0.1, 0.15) is 5.75 Å². The summed E-state index contributed by atoms with van der Waals surface area (Å²) >= 11 is 0. The van der Waals surface area contributed by atoms with E-state index in [2.05, 4.69) is 38.1 Å². The van der Waals surface area contributed by atoms with Crippen LogP contribution in [0.2, 0.25) is 0 Å². The molecule has 0 aromatic heterocycles. The van der Waals surface area contributed by atoms with Crippen LogP contribution in [0.1, 0.15) is 26.7 Å². The van der Waals surface area contributed by atoms with Crippen LogP contribution in [0.25, 0.3) is 32.3 Å². The third-order valence-electron chi connectivity index (χ3n) is 4.19. The zero-order valence-corrected chi connectivity index (χ0v) is 14.9. The average Bonchev–Trinajstić information content (AvgIpc) is 2.61. The Kier molecular flexibility index (Phi) is 5.03. The van der Waals surface area contributed by atoms with Gasteiger partial charge in [0.2, 0.25) is 0 Å². The molecule has 0 aliphatic rings. The van der Waals surface area contributed by atoms with Gasteiger partial charge >= 0.3 is 8.25 Å². The van der Waals surface area contributed by atoms with Gasteiger partial charge in [-0.2, -0.15) is 0 Å². The fourth-order valence-corrected chi connectivity index (χ4v) is 3.26. The highest BCUT2D eigenvalue weighted by molar-refractivity contribution is 7.32. The molecular weight excluding hydrogens is 319 g/mol. The van der Waals surface area contributed by atoms with Gasteiger partial charge in [-0.05, 0) is 33.7 Å². The molecule has 3 nitrogen and oxygen atoms in total. The van der Waals surface area contributed by atoms with Crippen molar-refractivity contribution in [1.82, 2.24) is 0 Å². The van der Waals surface area contributed by atoms with Gasteiger partial charge in [0, 0.05) is 10.8 Å². The Morgan fingerprint density at radius 3 is 1.96 bits per heavy atom. The first-order valence-corrected chi connectivity index (χ1v) is 9.49. The summed E-state index contributed by atoms with van der Waals surface area (Å²) in [6.45, 7) is 4.36. The predicted octanol–water partition coefficient (Wildman–Crippen LogP) is 6.15. The van der Waals surface area contributed by atoms with Crippen molar-refractivity contribution < 1.29 is 14.0 Å². The fraction of sp³-hybridized carbons (Fsp3) is 0.200. The molecule has 0 aliphatic carbocycles. The number of hydrogen-bond acceptors (Lipinski definition) is 2. The Bertz CT molecular complexity index is 976. The molecule has 124 valence electrons. The monoisotopic (exact) mass is 340 g/mol. The Morgan fingerprint density at radius 2 is 1.38 bits per heavy atom. The Balaban J connectivity index is 0.000000383. The zero-order valence-electron chi connectivity index (χ0n) is 13.9. The van der Waals surface area contributed by atoms with E-state index >= 15 is 0 Å². The van der Waals surface area contributed by atoms with Gasteiger partial charge in [0.15, 0.2) is 0 Å². The van der Waals surface area contributed by atoms with Gasteiger partial charge in [-0.25, -0.2) is 4.57 Å². The SMILES string of the molecule is CCCC.O=[PH](O)Oc1ccc2ccc3cccc4ccc1c2c34. The van der Waals surface area contributed by atoms with E-state index in [1.165, 1.54) is 18.2 Å². The van der Waals surface area contributed by atoms with Gasteiger partial charge in [0.05, 0.1) is 0 Å². The molecule has 1 N–H and O–H groups in total. The van der Waals surface area contributed by atoms with Crippen LogP contribution in [0.15, 0.2) is 54.6 Å². The minimum Gasteiger partial charge on any atom is -0.426 e. The van der Waals surface area contributed by atoms with E-state index in [4.69, 9.17) is 9.42 Å². The maximum atomic E-state index is 11.0. The van der Waals surface area contributed by atoms with Gasteiger partial charge in [0.25, 0.3) is 0 Å². The summed E-state index contributed by atoms with van der Waals surface area (Å²) < 4.78 is 16.1. The third-order valence-corrected chi connectivity index (χ3v) is 4.58. The highest BCUT2D eigenvalue weighted by Crippen LogP contribution is 2.40. The van der Waals surface area contributed by atoms with Crippen LogP contribution in [0.4, 0.5) is 0 Å². The summed E-state index contributed by atoms with van der Waals surface area (Å²) in [6, 6.07) is 18.0. The van der Waals surface area contributed by atoms with Crippen molar-refractivity contribution >= 4 is 40.6 Å². The van der Waals surface area contributed by atoms with Crippen LogP contribution in [-0.4, -0.2) is 4.89 Å². The molecule has 0 aliphatic heterocycles. The molecule has 1 unspecified atom stereocenters. The van der Waals surface area contributed by atoms with E-state index < -0.39 is 8.25 Å². The topological polar surface area (TPSA) is 46.5 Å². The standard InChI is InChI=1S/C16H11O3P.C4H10/c17-20(18)19-14-9-7-12-5-4-10-2-1-3-11-6-8-13(14)16(12)15(10)11;1-3-4-2/h1-9,20H,(H,17,18);3-4H2,1-2H3. The Morgan fingerprint density at radius 1 is 0.833 bits per heavy atom. The Hall–Kier alpha value is -2.09. The lowest BCUT2D eigenvalue weighted by atomic mass is 9.94. The van der Waals surface area contributed by atoms with Gasteiger partial charge < -0.3 is 9.42 Å². The maximum absolute atomic E-state index is 11.0.